The van der Waals surface area contributed by atoms with Crippen LogP contribution in [0.15, 0.2) is 16.6 Å². The van der Waals surface area contributed by atoms with E-state index in [0.717, 1.165) is 0 Å². The van der Waals surface area contributed by atoms with Gasteiger partial charge < -0.3 is 9.64 Å². The number of ether oxygens (including phenoxy) is 1. The van der Waals surface area contributed by atoms with Crippen molar-refractivity contribution in [3.05, 3.63) is 33.8 Å². The third-order valence-corrected chi connectivity index (χ3v) is 3.30. The average Bonchev–Trinajstić information content (AvgIpc) is 2.30. The van der Waals surface area contributed by atoms with E-state index in [9.17, 15) is 8.78 Å². The fourth-order valence-corrected chi connectivity index (χ4v) is 2.35. The van der Waals surface area contributed by atoms with E-state index in [-0.39, 0.29) is 22.0 Å². The number of alkyl halides is 1. The average molecular weight is 343 g/mol. The van der Waals surface area contributed by atoms with Crippen LogP contribution in [0.4, 0.5) is 8.78 Å². The molecule has 0 N–H and O–H groups in total. The fourth-order valence-electron chi connectivity index (χ4n) is 1.62. The van der Waals surface area contributed by atoms with E-state index in [1.54, 1.807) is 19.1 Å². The lowest BCUT2D eigenvalue weighted by atomic mass is 10.2. The lowest BCUT2D eigenvalue weighted by Crippen LogP contribution is -2.29. The zero-order chi connectivity index (χ0) is 13.7. The first-order valence-electron chi connectivity index (χ1n) is 5.39. The molecule has 0 spiro atoms. The maximum atomic E-state index is 13.7. The lowest BCUT2D eigenvalue weighted by Gasteiger charge is -2.20. The molecule has 0 bridgehead atoms. The number of hydrogen-bond acceptors (Lipinski definition) is 2. The van der Waals surface area contributed by atoms with Crippen LogP contribution in [-0.4, -0.2) is 37.6 Å². The van der Waals surface area contributed by atoms with Gasteiger partial charge in [-0.3, -0.25) is 0 Å². The lowest BCUT2D eigenvalue weighted by molar-refractivity contribution is 0.180. The number of rotatable bonds is 6. The van der Waals surface area contributed by atoms with Crippen molar-refractivity contribution in [1.82, 2.24) is 4.90 Å². The van der Waals surface area contributed by atoms with E-state index in [0.29, 0.717) is 13.2 Å². The smallest absolute Gasteiger partial charge is 0.144 e. The molecule has 0 aliphatic carbocycles. The van der Waals surface area contributed by atoms with Crippen LogP contribution in [0.25, 0.3) is 0 Å². The third kappa shape index (κ3) is 4.46. The second-order valence-corrected chi connectivity index (χ2v) is 5.54. The molecule has 2 nitrogen and oxygen atoms in total. The molecule has 0 saturated heterocycles. The molecular formula is C12H15BrClF2NO. The van der Waals surface area contributed by atoms with Gasteiger partial charge in [-0.05, 0) is 35.1 Å². The summed E-state index contributed by atoms with van der Waals surface area (Å²) in [6.07, 6.45) is 0. The van der Waals surface area contributed by atoms with Crippen molar-refractivity contribution < 1.29 is 13.5 Å². The van der Waals surface area contributed by atoms with Gasteiger partial charge in [0.1, 0.15) is 11.6 Å². The number of hydrogen-bond donors (Lipinski definition) is 0. The fraction of sp³-hybridized carbons (Fsp3) is 0.500. The van der Waals surface area contributed by atoms with E-state index in [1.807, 2.05) is 0 Å². The second kappa shape index (κ2) is 7.38. The van der Waals surface area contributed by atoms with Crippen LogP contribution in [-0.2, 0) is 11.3 Å². The molecule has 0 fully saturated rings. The minimum Gasteiger partial charge on any atom is -0.383 e. The van der Waals surface area contributed by atoms with Crippen molar-refractivity contribution in [2.75, 3.05) is 27.3 Å². The van der Waals surface area contributed by atoms with Gasteiger partial charge in [-0.15, -0.1) is 11.6 Å². The summed E-state index contributed by atoms with van der Waals surface area (Å²) in [5.74, 6) is -1.12. The van der Waals surface area contributed by atoms with Crippen LogP contribution in [0.5, 0.6) is 0 Å². The minimum absolute atomic E-state index is 0.0353. The van der Waals surface area contributed by atoms with Crippen LogP contribution in [0.3, 0.4) is 0 Å². The molecule has 1 aromatic carbocycles. The molecule has 0 radical (unpaired) electrons. The summed E-state index contributed by atoms with van der Waals surface area (Å²) in [5.41, 5.74) is 0.0353. The van der Waals surface area contributed by atoms with Crippen LogP contribution < -0.4 is 0 Å². The Hall–Kier alpha value is -0.230. The predicted molar refractivity (Wildman–Crippen MR) is 71.9 cm³/mol. The van der Waals surface area contributed by atoms with Crippen molar-refractivity contribution in [2.24, 2.45) is 0 Å². The first-order chi connectivity index (χ1) is 8.45. The number of nitrogens with zero attached hydrogens (tertiary/aromatic N) is 1. The van der Waals surface area contributed by atoms with Crippen LogP contribution in [0, 0.1) is 11.6 Å². The monoisotopic (exact) mass is 341 g/mol. The molecule has 6 heteroatoms. The van der Waals surface area contributed by atoms with Crippen molar-refractivity contribution in [3.63, 3.8) is 0 Å². The van der Waals surface area contributed by atoms with Gasteiger partial charge in [-0.25, -0.2) is 8.78 Å². The maximum absolute atomic E-state index is 13.7. The molecule has 0 saturated carbocycles. The highest BCUT2D eigenvalue weighted by atomic mass is 79.9. The van der Waals surface area contributed by atoms with Crippen molar-refractivity contribution >= 4 is 27.5 Å². The Morgan fingerprint density at radius 2 is 2.11 bits per heavy atom. The zero-order valence-electron chi connectivity index (χ0n) is 10.2. The van der Waals surface area contributed by atoms with Gasteiger partial charge in [0.05, 0.1) is 16.5 Å². The Kier molecular flexibility index (Phi) is 6.49. The molecule has 1 atom stereocenters. The molecule has 0 aliphatic heterocycles. The van der Waals surface area contributed by atoms with Gasteiger partial charge in [0.25, 0.3) is 0 Å². The Bertz CT molecular complexity index is 406. The van der Waals surface area contributed by atoms with Crippen LogP contribution >= 0.6 is 27.5 Å². The topological polar surface area (TPSA) is 12.5 Å². The largest absolute Gasteiger partial charge is 0.383 e. The summed E-state index contributed by atoms with van der Waals surface area (Å²) in [6.45, 7) is 1.04. The van der Waals surface area contributed by atoms with E-state index in [4.69, 9.17) is 16.3 Å². The highest BCUT2D eigenvalue weighted by molar-refractivity contribution is 9.10. The SMILES string of the molecule is COCC(Cl)CN(C)Cc1c(F)ccc(Br)c1F. The molecule has 102 valence electrons. The highest BCUT2D eigenvalue weighted by Gasteiger charge is 2.16. The maximum Gasteiger partial charge on any atom is 0.144 e. The standard InChI is InChI=1S/C12H15BrClF2NO/c1-17(5-8(14)7-18-2)6-9-11(15)4-3-10(13)12(9)16/h3-4,8H,5-7H2,1-2H3. The van der Waals surface area contributed by atoms with Crippen molar-refractivity contribution in [1.29, 1.82) is 0 Å². The molecule has 1 rings (SSSR count). The molecule has 1 unspecified atom stereocenters. The number of methoxy groups -OCH3 is 1. The first-order valence-corrected chi connectivity index (χ1v) is 6.62. The van der Waals surface area contributed by atoms with E-state index >= 15 is 0 Å². The molecule has 18 heavy (non-hydrogen) atoms. The zero-order valence-corrected chi connectivity index (χ0v) is 12.6. The van der Waals surface area contributed by atoms with Gasteiger partial charge >= 0.3 is 0 Å². The number of benzene rings is 1. The highest BCUT2D eigenvalue weighted by Crippen LogP contribution is 2.22. The van der Waals surface area contributed by atoms with Gasteiger partial charge in [0.15, 0.2) is 0 Å². The molecule has 1 aromatic rings. The minimum atomic E-state index is -0.570. The summed E-state index contributed by atoms with van der Waals surface area (Å²) in [5, 5.41) is -0.210. The van der Waals surface area contributed by atoms with Crippen LogP contribution in [0.2, 0.25) is 0 Å². The quantitative estimate of drug-likeness (QED) is 0.580. The molecule has 0 heterocycles. The van der Waals surface area contributed by atoms with E-state index in [1.165, 1.54) is 12.1 Å². The normalized spacial score (nSPS) is 13.1. The van der Waals surface area contributed by atoms with Gasteiger partial charge in [-0.1, -0.05) is 0 Å². The molecule has 0 amide bonds. The molecule has 0 aromatic heterocycles. The summed E-state index contributed by atoms with van der Waals surface area (Å²) in [4.78, 5) is 1.75. The Balaban J connectivity index is 2.70. The van der Waals surface area contributed by atoms with E-state index in [2.05, 4.69) is 15.9 Å². The third-order valence-electron chi connectivity index (χ3n) is 2.42. The molecular weight excluding hydrogens is 327 g/mol. The van der Waals surface area contributed by atoms with Gasteiger partial charge in [-0.2, -0.15) is 0 Å². The van der Waals surface area contributed by atoms with Gasteiger partial charge in [0.2, 0.25) is 0 Å². The Labute approximate surface area is 119 Å². The Morgan fingerprint density at radius 1 is 1.44 bits per heavy atom. The summed E-state index contributed by atoms with van der Waals surface area (Å²) in [7, 11) is 3.31. The van der Waals surface area contributed by atoms with Crippen molar-refractivity contribution in [2.45, 2.75) is 11.9 Å². The van der Waals surface area contributed by atoms with E-state index < -0.39 is 11.6 Å². The summed E-state index contributed by atoms with van der Waals surface area (Å²) in [6, 6.07) is 2.59. The van der Waals surface area contributed by atoms with Crippen molar-refractivity contribution in [3.8, 4) is 0 Å². The predicted octanol–water partition coefficient (Wildman–Crippen LogP) is 3.41. The molecule has 0 aliphatic rings. The number of halogens is 4. The Morgan fingerprint density at radius 3 is 2.72 bits per heavy atom. The summed E-state index contributed by atoms with van der Waals surface area (Å²) >= 11 is 9.03. The second-order valence-electron chi connectivity index (χ2n) is 4.07. The summed E-state index contributed by atoms with van der Waals surface area (Å²) < 4.78 is 32.4. The first kappa shape index (κ1) is 15.8. The van der Waals surface area contributed by atoms with Gasteiger partial charge in [0, 0.05) is 25.8 Å². The van der Waals surface area contributed by atoms with Crippen LogP contribution in [0.1, 0.15) is 5.56 Å².